The summed E-state index contributed by atoms with van der Waals surface area (Å²) in [6, 6.07) is 6.09. The maximum atomic E-state index is 10.5. The average Bonchev–Trinajstić information content (AvgIpc) is 2.75. The summed E-state index contributed by atoms with van der Waals surface area (Å²) in [5.41, 5.74) is 2.17. The number of aromatic nitrogens is 2. The number of nitrogens with zero attached hydrogens (tertiary/aromatic N) is 2. The topological polar surface area (TPSA) is 55.1 Å². The predicted octanol–water partition coefficient (Wildman–Crippen LogP) is 3.35. The van der Waals surface area contributed by atoms with E-state index in [1.54, 1.807) is 6.20 Å². The first-order valence-electron chi connectivity index (χ1n) is 6.08. The minimum Gasteiger partial charge on any atom is -0.481 e. The number of carboxylic acids is 1. The summed E-state index contributed by atoms with van der Waals surface area (Å²) in [6.45, 7) is 1.95. The maximum Gasteiger partial charge on any atom is 0.303 e. The molecule has 2 aromatic rings. The quantitative estimate of drug-likeness (QED) is 0.918. The van der Waals surface area contributed by atoms with Crippen LogP contribution in [0.4, 0.5) is 0 Å². The first kappa shape index (κ1) is 13.8. The van der Waals surface area contributed by atoms with Crippen molar-refractivity contribution in [1.29, 1.82) is 0 Å². The van der Waals surface area contributed by atoms with Crippen LogP contribution in [0.3, 0.4) is 0 Å². The minimum atomic E-state index is -0.746. The van der Waals surface area contributed by atoms with Gasteiger partial charge >= 0.3 is 5.97 Å². The molecule has 0 aliphatic heterocycles. The Labute approximate surface area is 120 Å². The van der Waals surface area contributed by atoms with Crippen molar-refractivity contribution in [1.82, 2.24) is 9.55 Å². The van der Waals surface area contributed by atoms with Crippen LogP contribution in [0.5, 0.6) is 0 Å². The Balaban J connectivity index is 2.14. The van der Waals surface area contributed by atoms with Gasteiger partial charge in [-0.1, -0.05) is 6.07 Å². The Morgan fingerprint density at radius 1 is 1.47 bits per heavy atom. The summed E-state index contributed by atoms with van der Waals surface area (Å²) in [7, 11) is 0. The highest BCUT2D eigenvalue weighted by Gasteiger charge is 2.06. The number of carbonyl (C=O) groups is 1. The van der Waals surface area contributed by atoms with Crippen molar-refractivity contribution in [2.24, 2.45) is 0 Å². The molecule has 2 rings (SSSR count). The van der Waals surface area contributed by atoms with E-state index in [0.29, 0.717) is 6.42 Å². The minimum absolute atomic E-state index is 0.208. The van der Waals surface area contributed by atoms with E-state index in [4.69, 9.17) is 5.11 Å². The average molecular weight is 323 g/mol. The van der Waals surface area contributed by atoms with Crippen molar-refractivity contribution in [2.75, 3.05) is 0 Å². The van der Waals surface area contributed by atoms with E-state index in [1.165, 1.54) is 0 Å². The van der Waals surface area contributed by atoms with E-state index >= 15 is 0 Å². The second kappa shape index (κ2) is 6.02. The van der Waals surface area contributed by atoms with Gasteiger partial charge in [-0.05, 0) is 53.4 Å². The zero-order valence-electron chi connectivity index (χ0n) is 10.6. The highest BCUT2D eigenvalue weighted by Crippen LogP contribution is 2.24. The van der Waals surface area contributed by atoms with Crippen LogP contribution < -0.4 is 0 Å². The van der Waals surface area contributed by atoms with Crippen LogP contribution in [-0.4, -0.2) is 20.6 Å². The predicted molar refractivity (Wildman–Crippen MR) is 76.6 cm³/mol. The summed E-state index contributed by atoms with van der Waals surface area (Å²) in [5, 5.41) is 8.63. The molecule has 0 bridgehead atoms. The van der Waals surface area contributed by atoms with Gasteiger partial charge in [-0.15, -0.1) is 0 Å². The Kier molecular flexibility index (Phi) is 4.37. The van der Waals surface area contributed by atoms with Gasteiger partial charge < -0.3 is 9.67 Å². The van der Waals surface area contributed by atoms with Gasteiger partial charge in [0.1, 0.15) is 5.82 Å². The summed E-state index contributed by atoms with van der Waals surface area (Å²) < 4.78 is 2.99. The molecule has 1 aromatic carbocycles. The fourth-order valence-electron chi connectivity index (χ4n) is 1.98. The number of hydrogen-bond acceptors (Lipinski definition) is 2. The van der Waals surface area contributed by atoms with Crippen LogP contribution in [-0.2, 0) is 11.2 Å². The molecule has 0 radical (unpaired) electrons. The van der Waals surface area contributed by atoms with Gasteiger partial charge in [-0.25, -0.2) is 4.98 Å². The van der Waals surface area contributed by atoms with Crippen LogP contribution in [0.1, 0.15) is 24.2 Å². The normalized spacial score (nSPS) is 10.6. The van der Waals surface area contributed by atoms with Crippen LogP contribution >= 0.6 is 15.9 Å². The number of hydrogen-bond donors (Lipinski definition) is 1. The van der Waals surface area contributed by atoms with E-state index in [2.05, 4.69) is 20.9 Å². The lowest BCUT2D eigenvalue weighted by atomic mass is 10.1. The van der Waals surface area contributed by atoms with Crippen molar-refractivity contribution in [3.8, 4) is 5.69 Å². The maximum absolute atomic E-state index is 10.5. The zero-order chi connectivity index (χ0) is 13.8. The van der Waals surface area contributed by atoms with E-state index in [0.717, 1.165) is 28.0 Å². The van der Waals surface area contributed by atoms with Crippen LogP contribution in [0.2, 0.25) is 0 Å². The van der Waals surface area contributed by atoms with Crippen molar-refractivity contribution >= 4 is 21.9 Å². The number of halogens is 1. The number of benzene rings is 1. The van der Waals surface area contributed by atoms with Crippen molar-refractivity contribution < 1.29 is 9.90 Å². The number of aliphatic carboxylic acids is 1. The van der Waals surface area contributed by atoms with Gasteiger partial charge in [0.25, 0.3) is 0 Å². The molecule has 0 amide bonds. The molecular formula is C14H15BrN2O2. The number of carboxylic acid groups (broad SMARTS) is 1. The smallest absolute Gasteiger partial charge is 0.303 e. The molecular weight excluding hydrogens is 308 g/mol. The lowest BCUT2D eigenvalue weighted by Crippen LogP contribution is -1.99. The molecule has 5 heteroatoms. The molecule has 0 atom stereocenters. The highest BCUT2D eigenvalue weighted by molar-refractivity contribution is 9.10. The molecule has 0 unspecified atom stereocenters. The molecule has 0 spiro atoms. The molecule has 4 nitrogen and oxygen atoms in total. The van der Waals surface area contributed by atoms with Crippen molar-refractivity contribution in [3.63, 3.8) is 0 Å². The fourth-order valence-corrected chi connectivity index (χ4v) is 2.59. The summed E-state index contributed by atoms with van der Waals surface area (Å²) in [6.07, 6.45) is 5.32. The molecule has 19 heavy (non-hydrogen) atoms. The largest absolute Gasteiger partial charge is 0.481 e. The standard InChI is InChI=1S/C14H15BrN2O2/c1-10-16-7-8-17(10)13-6-5-11(9-12(13)15)3-2-4-14(18)19/h5-9H,2-4H2,1H3,(H,18,19). The third kappa shape index (κ3) is 3.44. The molecule has 1 aromatic heterocycles. The highest BCUT2D eigenvalue weighted by atomic mass is 79.9. The number of imidazole rings is 1. The Hall–Kier alpha value is -1.62. The second-order valence-electron chi connectivity index (χ2n) is 4.38. The lowest BCUT2D eigenvalue weighted by molar-refractivity contribution is -0.137. The van der Waals surface area contributed by atoms with Crippen molar-refractivity contribution in [2.45, 2.75) is 26.2 Å². The Bertz CT molecular complexity index is 593. The molecule has 0 fully saturated rings. The molecule has 0 aliphatic carbocycles. The van der Waals surface area contributed by atoms with Gasteiger partial charge in [-0.2, -0.15) is 0 Å². The molecule has 0 saturated carbocycles. The van der Waals surface area contributed by atoms with Gasteiger partial charge in [0.05, 0.1) is 5.69 Å². The second-order valence-corrected chi connectivity index (χ2v) is 5.23. The third-order valence-electron chi connectivity index (χ3n) is 2.95. The number of aryl methyl sites for hydroxylation is 2. The first-order valence-corrected chi connectivity index (χ1v) is 6.88. The van der Waals surface area contributed by atoms with Crippen LogP contribution in [0.25, 0.3) is 5.69 Å². The summed E-state index contributed by atoms with van der Waals surface area (Å²) in [5.74, 6) is 0.184. The van der Waals surface area contributed by atoms with Gasteiger partial charge in [0.2, 0.25) is 0 Å². The molecule has 100 valence electrons. The number of rotatable bonds is 5. The van der Waals surface area contributed by atoms with Crippen LogP contribution in [0, 0.1) is 6.92 Å². The van der Waals surface area contributed by atoms with E-state index in [-0.39, 0.29) is 6.42 Å². The van der Waals surface area contributed by atoms with Gasteiger partial charge in [0, 0.05) is 23.3 Å². The summed E-state index contributed by atoms with van der Waals surface area (Å²) in [4.78, 5) is 14.7. The fraction of sp³-hybridized carbons (Fsp3) is 0.286. The van der Waals surface area contributed by atoms with Crippen molar-refractivity contribution in [3.05, 3.63) is 46.5 Å². The Morgan fingerprint density at radius 2 is 2.26 bits per heavy atom. The lowest BCUT2D eigenvalue weighted by Gasteiger charge is -2.09. The molecule has 1 heterocycles. The Morgan fingerprint density at radius 3 is 2.84 bits per heavy atom. The van der Waals surface area contributed by atoms with Gasteiger partial charge in [-0.3, -0.25) is 4.79 Å². The molecule has 1 N–H and O–H groups in total. The first-order chi connectivity index (χ1) is 9.08. The van der Waals surface area contributed by atoms with E-state index < -0.39 is 5.97 Å². The van der Waals surface area contributed by atoms with Crippen LogP contribution in [0.15, 0.2) is 35.1 Å². The molecule has 0 aliphatic rings. The van der Waals surface area contributed by atoms with Gasteiger partial charge in [0.15, 0.2) is 0 Å². The third-order valence-corrected chi connectivity index (χ3v) is 3.59. The summed E-state index contributed by atoms with van der Waals surface area (Å²) >= 11 is 3.56. The van der Waals surface area contributed by atoms with E-state index in [1.807, 2.05) is 35.9 Å². The SMILES string of the molecule is Cc1nccn1-c1ccc(CCCC(=O)O)cc1Br. The monoisotopic (exact) mass is 322 g/mol. The van der Waals surface area contributed by atoms with E-state index in [9.17, 15) is 4.79 Å². The zero-order valence-corrected chi connectivity index (χ0v) is 12.2. The molecule has 0 saturated heterocycles.